The van der Waals surface area contributed by atoms with Crippen molar-refractivity contribution in [2.45, 2.75) is 76.9 Å². The van der Waals surface area contributed by atoms with E-state index >= 15 is 0 Å². The van der Waals surface area contributed by atoms with Gasteiger partial charge in [0.15, 0.2) is 5.78 Å². The van der Waals surface area contributed by atoms with Crippen molar-refractivity contribution in [3.63, 3.8) is 0 Å². The van der Waals surface area contributed by atoms with Crippen LogP contribution in [0.15, 0.2) is 11.3 Å². The number of fused-ring (bicyclic) bond motifs is 7. The molecule has 6 aliphatic rings. The normalized spacial score (nSPS) is 56.0. The van der Waals surface area contributed by atoms with Gasteiger partial charge in [0.05, 0.1) is 23.2 Å². The second kappa shape index (κ2) is 5.30. The Balaban J connectivity index is 1.53. The van der Waals surface area contributed by atoms with Crippen molar-refractivity contribution in [3.8, 4) is 6.07 Å². The zero-order valence-electron chi connectivity index (χ0n) is 17.6. The number of ketones is 1. The van der Waals surface area contributed by atoms with Gasteiger partial charge in [-0.1, -0.05) is 13.8 Å². The summed E-state index contributed by atoms with van der Waals surface area (Å²) >= 11 is 0. The van der Waals surface area contributed by atoms with Crippen LogP contribution in [-0.4, -0.2) is 33.7 Å². The van der Waals surface area contributed by atoms with Gasteiger partial charge in [0, 0.05) is 24.2 Å². The smallest absolute Gasteiger partial charge is 0.306 e. The predicted molar refractivity (Wildman–Crippen MR) is 105 cm³/mol. The SMILES string of the molecule is C[C@@]12CCC(O)=C3C(=O)[C@H](C[C@]31C#N)C1C3CC[C@@]4(CCC(=O)O4)[C@]3(C)C[C@@H](O)[C@@H]12. The Morgan fingerprint density at radius 2 is 1.87 bits per heavy atom. The maximum Gasteiger partial charge on any atom is 0.306 e. The number of Topliss-reactive ketones (excluding diaryl/α,β-unsaturated/α-hetero) is 1. The topological polar surface area (TPSA) is 108 Å². The number of aliphatic hydroxyl groups excluding tert-OH is 2. The van der Waals surface area contributed by atoms with Crippen LogP contribution in [0.1, 0.15) is 65.2 Å². The van der Waals surface area contributed by atoms with Crippen LogP contribution in [0.2, 0.25) is 0 Å². The lowest BCUT2D eigenvalue weighted by molar-refractivity contribution is -0.207. The molecule has 0 aromatic carbocycles. The van der Waals surface area contributed by atoms with Gasteiger partial charge in [-0.25, -0.2) is 0 Å². The highest BCUT2D eigenvalue weighted by Crippen LogP contribution is 2.76. The molecule has 9 atom stereocenters. The minimum atomic E-state index is -0.997. The number of esters is 1. The molecule has 0 radical (unpaired) electrons. The van der Waals surface area contributed by atoms with Crippen LogP contribution in [0.4, 0.5) is 0 Å². The number of nitrogens with zero attached hydrogens (tertiary/aromatic N) is 1. The molecule has 0 aromatic heterocycles. The van der Waals surface area contributed by atoms with Crippen molar-refractivity contribution in [1.29, 1.82) is 5.26 Å². The average molecular weight is 411 g/mol. The molecule has 160 valence electrons. The summed E-state index contributed by atoms with van der Waals surface area (Å²) < 4.78 is 5.95. The van der Waals surface area contributed by atoms with Gasteiger partial charge in [-0.3, -0.25) is 9.59 Å². The van der Waals surface area contributed by atoms with Gasteiger partial charge in [0.2, 0.25) is 0 Å². The van der Waals surface area contributed by atoms with Crippen LogP contribution in [0.5, 0.6) is 0 Å². The molecule has 4 saturated carbocycles. The summed E-state index contributed by atoms with van der Waals surface area (Å²) in [5, 5.41) is 32.5. The molecule has 0 aromatic rings. The summed E-state index contributed by atoms with van der Waals surface area (Å²) in [7, 11) is 0. The number of carbonyl (C=O) groups excluding carboxylic acids is 2. The first-order valence-corrected chi connectivity index (χ1v) is 11.4. The minimum absolute atomic E-state index is 0.0418. The molecule has 1 heterocycles. The Labute approximate surface area is 176 Å². The molecular weight excluding hydrogens is 382 g/mol. The number of allylic oxidation sites excluding steroid dienone is 2. The first-order chi connectivity index (χ1) is 14.1. The van der Waals surface area contributed by atoms with Gasteiger partial charge in [-0.2, -0.15) is 5.26 Å². The monoisotopic (exact) mass is 411 g/mol. The minimum Gasteiger partial charge on any atom is -0.512 e. The van der Waals surface area contributed by atoms with Gasteiger partial charge < -0.3 is 14.9 Å². The van der Waals surface area contributed by atoms with E-state index in [0.717, 1.165) is 12.8 Å². The third-order valence-electron chi connectivity index (χ3n) is 10.8. The molecule has 5 aliphatic carbocycles. The molecule has 6 nitrogen and oxygen atoms in total. The lowest BCUT2D eigenvalue weighted by Gasteiger charge is -2.63. The van der Waals surface area contributed by atoms with E-state index in [9.17, 15) is 25.1 Å². The third kappa shape index (κ3) is 1.71. The van der Waals surface area contributed by atoms with Crippen LogP contribution < -0.4 is 0 Å². The lowest BCUT2D eigenvalue weighted by atomic mass is 9.40. The summed E-state index contributed by atoms with van der Waals surface area (Å²) in [5.41, 5.74) is -2.10. The van der Waals surface area contributed by atoms with Gasteiger partial charge >= 0.3 is 5.97 Å². The number of hydrogen-bond acceptors (Lipinski definition) is 6. The highest BCUT2D eigenvalue weighted by Gasteiger charge is 2.77. The Bertz CT molecular complexity index is 965. The number of nitriles is 1. The zero-order chi connectivity index (χ0) is 21.3. The maximum absolute atomic E-state index is 13.6. The zero-order valence-corrected chi connectivity index (χ0v) is 17.6. The van der Waals surface area contributed by atoms with Crippen molar-refractivity contribution in [1.82, 2.24) is 0 Å². The van der Waals surface area contributed by atoms with Crippen LogP contribution >= 0.6 is 0 Å². The van der Waals surface area contributed by atoms with Crippen molar-refractivity contribution >= 4 is 11.8 Å². The van der Waals surface area contributed by atoms with E-state index in [0.29, 0.717) is 44.1 Å². The summed E-state index contributed by atoms with van der Waals surface area (Å²) in [6.07, 6.45) is 4.11. The highest BCUT2D eigenvalue weighted by molar-refractivity contribution is 6.03. The van der Waals surface area contributed by atoms with E-state index in [1.807, 2.05) is 0 Å². The molecule has 30 heavy (non-hydrogen) atoms. The number of hydrogen-bond donors (Lipinski definition) is 2. The molecule has 2 unspecified atom stereocenters. The first-order valence-electron chi connectivity index (χ1n) is 11.4. The molecule has 2 bridgehead atoms. The lowest BCUT2D eigenvalue weighted by Crippen LogP contribution is -2.63. The number of carbonyl (C=O) groups is 2. The van der Waals surface area contributed by atoms with Crippen LogP contribution in [-0.2, 0) is 14.3 Å². The average Bonchev–Trinajstić information content (AvgIpc) is 3.31. The molecule has 1 saturated heterocycles. The van der Waals surface area contributed by atoms with Crippen molar-refractivity contribution in [3.05, 3.63) is 11.3 Å². The van der Waals surface area contributed by atoms with Gasteiger partial charge in [0.1, 0.15) is 11.4 Å². The second-order valence-electron chi connectivity index (χ2n) is 11.3. The van der Waals surface area contributed by atoms with E-state index in [-0.39, 0.29) is 46.6 Å². The Morgan fingerprint density at radius 3 is 2.53 bits per heavy atom. The van der Waals surface area contributed by atoms with Crippen LogP contribution in [0.25, 0.3) is 0 Å². The summed E-state index contributed by atoms with van der Waals surface area (Å²) in [5.74, 6) is -0.518. The van der Waals surface area contributed by atoms with E-state index in [1.165, 1.54) is 0 Å². The first kappa shape index (κ1) is 18.9. The number of rotatable bonds is 0. The van der Waals surface area contributed by atoms with Gasteiger partial charge in [0.25, 0.3) is 0 Å². The summed E-state index contributed by atoms with van der Waals surface area (Å²) in [6, 6.07) is 2.47. The van der Waals surface area contributed by atoms with Crippen molar-refractivity contribution < 1.29 is 24.5 Å². The highest BCUT2D eigenvalue weighted by atomic mass is 16.6. The largest absolute Gasteiger partial charge is 0.512 e. The fourth-order valence-corrected chi connectivity index (χ4v) is 9.47. The third-order valence-corrected chi connectivity index (χ3v) is 10.8. The second-order valence-corrected chi connectivity index (χ2v) is 11.3. The van der Waals surface area contributed by atoms with Crippen LogP contribution in [0, 0.1) is 51.2 Å². The van der Waals surface area contributed by atoms with Crippen molar-refractivity contribution in [2.75, 3.05) is 0 Å². The number of aliphatic hydroxyl groups is 2. The van der Waals surface area contributed by atoms with Crippen molar-refractivity contribution in [2.24, 2.45) is 39.9 Å². The Morgan fingerprint density at radius 1 is 1.10 bits per heavy atom. The summed E-state index contributed by atoms with van der Waals surface area (Å²) in [4.78, 5) is 25.7. The molecule has 1 spiro atoms. The standard InChI is InChI=1S/C24H29NO5/c1-21-6-4-14(26)19-20(29)12(9-23(19,21)11-25)17-13-3-7-24(8-5-16(28)30-24)22(13,2)10-15(27)18(17)21/h12-13,15,17-18,26-27H,3-10H2,1-2H3/t12-,13?,15-,17?,18+,21+,22-,23+,24-/m1/s1. The molecular formula is C24H29NO5. The Kier molecular flexibility index (Phi) is 3.33. The van der Waals surface area contributed by atoms with Crippen LogP contribution in [0.3, 0.4) is 0 Å². The van der Waals surface area contributed by atoms with Gasteiger partial charge in [-0.15, -0.1) is 0 Å². The molecule has 6 rings (SSSR count). The molecule has 5 fully saturated rings. The quantitative estimate of drug-likeness (QED) is 0.593. The number of ether oxygens (including phenoxy) is 1. The molecule has 6 heteroatoms. The fourth-order valence-electron chi connectivity index (χ4n) is 9.47. The predicted octanol–water partition coefficient (Wildman–Crippen LogP) is 3.20. The summed E-state index contributed by atoms with van der Waals surface area (Å²) in [6.45, 7) is 4.22. The molecule has 2 N–H and O–H groups in total. The van der Waals surface area contributed by atoms with Gasteiger partial charge in [-0.05, 0) is 61.7 Å². The van der Waals surface area contributed by atoms with E-state index in [4.69, 9.17) is 4.74 Å². The van der Waals surface area contributed by atoms with E-state index < -0.39 is 22.5 Å². The van der Waals surface area contributed by atoms with E-state index in [2.05, 4.69) is 19.9 Å². The maximum atomic E-state index is 13.6. The molecule has 0 amide bonds. The Hall–Kier alpha value is -1.87. The fraction of sp³-hybridized carbons (Fsp3) is 0.792. The van der Waals surface area contributed by atoms with E-state index in [1.54, 1.807) is 0 Å². The molecule has 1 aliphatic heterocycles.